The molecule has 2 aromatic rings. The van der Waals surface area contributed by atoms with Crippen molar-refractivity contribution >= 4 is 18.4 Å². The fraction of sp³-hybridized carbons (Fsp3) is 0.400. The lowest BCUT2D eigenvalue weighted by Gasteiger charge is -2.11. The van der Waals surface area contributed by atoms with Gasteiger partial charge in [-0.15, -0.1) is 12.4 Å². The predicted molar refractivity (Wildman–Crippen MR) is 85.2 cm³/mol. The topological polar surface area (TPSA) is 88.3 Å². The maximum Gasteiger partial charge on any atom is 0.416 e. The third-order valence-corrected chi connectivity index (χ3v) is 3.29. The highest BCUT2D eigenvalue weighted by Gasteiger charge is 2.30. The van der Waals surface area contributed by atoms with Crippen molar-refractivity contribution in [2.45, 2.75) is 38.5 Å². The molecule has 25 heavy (non-hydrogen) atoms. The summed E-state index contributed by atoms with van der Waals surface area (Å²) >= 11 is 0. The summed E-state index contributed by atoms with van der Waals surface area (Å²) in [6, 6.07) is 3.83. The molecule has 0 spiro atoms. The summed E-state index contributed by atoms with van der Waals surface area (Å²) < 4.78 is 43.1. The number of alkyl halides is 3. The van der Waals surface area contributed by atoms with E-state index in [0.29, 0.717) is 12.8 Å². The second-order valence-electron chi connectivity index (χ2n) is 5.15. The minimum Gasteiger partial charge on any atom is -0.480 e. The number of hydrogen-bond acceptors (Lipinski definition) is 5. The molecule has 0 saturated heterocycles. The molecular formula is C15H17ClF3N3O3. The molecule has 1 heterocycles. The summed E-state index contributed by atoms with van der Waals surface area (Å²) in [7, 11) is 0. The first-order valence-electron chi connectivity index (χ1n) is 7.27. The molecule has 138 valence electrons. The maximum atomic E-state index is 12.7. The number of nitrogens with zero attached hydrogens (tertiary/aromatic N) is 2. The molecule has 1 atom stereocenters. The average Bonchev–Trinajstić information content (AvgIpc) is 2.99. The second-order valence-corrected chi connectivity index (χ2v) is 5.15. The van der Waals surface area contributed by atoms with E-state index in [4.69, 9.17) is 9.63 Å². The predicted octanol–water partition coefficient (Wildman–Crippen LogP) is 3.52. The highest BCUT2D eigenvalue weighted by molar-refractivity contribution is 5.85. The summed E-state index contributed by atoms with van der Waals surface area (Å²) in [5.41, 5.74) is -0.637. The Balaban J connectivity index is 0.00000312. The molecule has 0 saturated carbocycles. The van der Waals surface area contributed by atoms with Crippen molar-refractivity contribution in [1.82, 2.24) is 15.5 Å². The fourth-order valence-electron chi connectivity index (χ4n) is 2.09. The van der Waals surface area contributed by atoms with Gasteiger partial charge in [0.05, 0.1) is 12.1 Å². The Kier molecular flexibility index (Phi) is 7.38. The molecule has 10 heteroatoms. The summed E-state index contributed by atoms with van der Waals surface area (Å²) in [5.74, 6) is -0.875. The minimum absolute atomic E-state index is 0. The Morgan fingerprint density at radius 3 is 2.72 bits per heavy atom. The molecule has 0 aliphatic rings. The Morgan fingerprint density at radius 2 is 2.12 bits per heavy atom. The number of rotatable bonds is 7. The van der Waals surface area contributed by atoms with Gasteiger partial charge in [-0.2, -0.15) is 18.2 Å². The van der Waals surface area contributed by atoms with Crippen LogP contribution < -0.4 is 5.32 Å². The van der Waals surface area contributed by atoms with E-state index in [1.165, 1.54) is 12.1 Å². The molecule has 2 rings (SSSR count). The Bertz CT molecular complexity index is 707. The molecule has 1 aromatic heterocycles. The summed E-state index contributed by atoms with van der Waals surface area (Å²) in [6.07, 6.45) is -3.34. The number of benzene rings is 1. The van der Waals surface area contributed by atoms with Crippen LogP contribution in [0, 0.1) is 0 Å². The van der Waals surface area contributed by atoms with Crippen molar-refractivity contribution in [3.8, 4) is 11.4 Å². The van der Waals surface area contributed by atoms with Gasteiger partial charge >= 0.3 is 12.1 Å². The van der Waals surface area contributed by atoms with E-state index in [1.54, 1.807) is 0 Å². The van der Waals surface area contributed by atoms with Gasteiger partial charge in [-0.05, 0) is 18.6 Å². The van der Waals surface area contributed by atoms with Crippen molar-refractivity contribution in [3.05, 3.63) is 35.7 Å². The van der Waals surface area contributed by atoms with E-state index in [-0.39, 0.29) is 36.2 Å². The van der Waals surface area contributed by atoms with Gasteiger partial charge in [-0.3, -0.25) is 10.1 Å². The number of carbonyl (C=O) groups is 1. The van der Waals surface area contributed by atoms with Crippen LogP contribution in [0.2, 0.25) is 0 Å². The van der Waals surface area contributed by atoms with Gasteiger partial charge in [0.15, 0.2) is 0 Å². The van der Waals surface area contributed by atoms with Crippen molar-refractivity contribution in [3.63, 3.8) is 0 Å². The van der Waals surface area contributed by atoms with Crippen LogP contribution >= 0.6 is 12.4 Å². The first-order valence-corrected chi connectivity index (χ1v) is 7.27. The lowest BCUT2D eigenvalue weighted by atomic mass is 10.1. The van der Waals surface area contributed by atoms with Crippen molar-refractivity contribution in [1.29, 1.82) is 0 Å². The molecule has 0 aliphatic heterocycles. The molecular weight excluding hydrogens is 363 g/mol. The smallest absolute Gasteiger partial charge is 0.416 e. The molecule has 1 unspecified atom stereocenters. The summed E-state index contributed by atoms with van der Waals surface area (Å²) in [5, 5.41) is 15.4. The molecule has 0 fully saturated rings. The van der Waals surface area contributed by atoms with Gasteiger partial charge < -0.3 is 9.63 Å². The van der Waals surface area contributed by atoms with Gasteiger partial charge in [-0.25, -0.2) is 0 Å². The normalized spacial score (nSPS) is 12.5. The zero-order valence-corrected chi connectivity index (χ0v) is 14.0. The van der Waals surface area contributed by atoms with Crippen LogP contribution in [-0.2, 0) is 17.5 Å². The van der Waals surface area contributed by atoms with Crippen molar-refractivity contribution in [2.75, 3.05) is 0 Å². The lowest BCUT2D eigenvalue weighted by Crippen LogP contribution is -2.36. The highest BCUT2D eigenvalue weighted by Crippen LogP contribution is 2.31. The SMILES string of the molecule is CCCC(NCc1nc(-c2cccc(C(F)(F)F)c2)no1)C(=O)O.Cl. The third kappa shape index (κ3) is 5.71. The third-order valence-electron chi connectivity index (χ3n) is 3.29. The lowest BCUT2D eigenvalue weighted by molar-refractivity contribution is -0.140. The summed E-state index contributed by atoms with van der Waals surface area (Å²) in [4.78, 5) is 15.0. The number of carboxylic acid groups (broad SMARTS) is 1. The second kappa shape index (κ2) is 8.82. The van der Waals surface area contributed by atoms with Crippen LogP contribution in [0.1, 0.15) is 31.2 Å². The molecule has 2 N–H and O–H groups in total. The van der Waals surface area contributed by atoms with Gasteiger partial charge in [-0.1, -0.05) is 30.6 Å². The van der Waals surface area contributed by atoms with Crippen molar-refractivity contribution in [2.24, 2.45) is 0 Å². The van der Waals surface area contributed by atoms with E-state index in [0.717, 1.165) is 12.1 Å². The van der Waals surface area contributed by atoms with E-state index < -0.39 is 23.8 Å². The van der Waals surface area contributed by atoms with E-state index in [9.17, 15) is 18.0 Å². The average molecular weight is 380 g/mol. The zero-order chi connectivity index (χ0) is 17.7. The molecule has 0 aliphatic carbocycles. The largest absolute Gasteiger partial charge is 0.480 e. The molecule has 1 aromatic carbocycles. The van der Waals surface area contributed by atoms with Crippen LogP contribution in [0.25, 0.3) is 11.4 Å². The number of hydrogen-bond donors (Lipinski definition) is 2. The number of carboxylic acids is 1. The highest BCUT2D eigenvalue weighted by atomic mass is 35.5. The van der Waals surface area contributed by atoms with Crippen LogP contribution in [0.4, 0.5) is 13.2 Å². The monoisotopic (exact) mass is 379 g/mol. The van der Waals surface area contributed by atoms with Crippen LogP contribution in [-0.4, -0.2) is 27.3 Å². The Hall–Kier alpha value is -2.13. The standard InChI is InChI=1S/C15H16F3N3O3.ClH/c1-2-4-11(14(22)23)19-8-12-20-13(21-24-12)9-5-3-6-10(7-9)15(16,17)18;/h3,5-7,11,19H,2,4,8H2,1H3,(H,22,23);1H. The summed E-state index contributed by atoms with van der Waals surface area (Å²) in [6.45, 7) is 1.87. The van der Waals surface area contributed by atoms with Gasteiger partial charge in [0, 0.05) is 5.56 Å². The number of halogens is 4. The molecule has 0 bridgehead atoms. The quantitative estimate of drug-likeness (QED) is 0.765. The maximum absolute atomic E-state index is 12.7. The van der Waals surface area contributed by atoms with E-state index in [1.807, 2.05) is 6.92 Å². The van der Waals surface area contributed by atoms with Crippen molar-refractivity contribution < 1.29 is 27.6 Å². The fourth-order valence-corrected chi connectivity index (χ4v) is 2.09. The molecule has 6 nitrogen and oxygen atoms in total. The minimum atomic E-state index is -4.46. The molecule has 0 amide bonds. The first-order chi connectivity index (χ1) is 11.3. The first kappa shape index (κ1) is 20.9. The molecule has 0 radical (unpaired) electrons. The Labute approximate surface area is 147 Å². The zero-order valence-electron chi connectivity index (χ0n) is 13.2. The number of aromatic nitrogens is 2. The number of aliphatic carboxylic acids is 1. The van der Waals surface area contributed by atoms with Gasteiger partial charge in [0.2, 0.25) is 11.7 Å². The van der Waals surface area contributed by atoms with Gasteiger partial charge in [0.25, 0.3) is 0 Å². The van der Waals surface area contributed by atoms with Crippen LogP contribution in [0.5, 0.6) is 0 Å². The van der Waals surface area contributed by atoms with Crippen LogP contribution in [0.3, 0.4) is 0 Å². The van der Waals surface area contributed by atoms with E-state index in [2.05, 4.69) is 15.5 Å². The Morgan fingerprint density at radius 1 is 1.40 bits per heavy atom. The van der Waals surface area contributed by atoms with Gasteiger partial charge in [0.1, 0.15) is 6.04 Å². The van der Waals surface area contributed by atoms with E-state index >= 15 is 0 Å². The number of nitrogens with one attached hydrogen (secondary N) is 1. The van der Waals surface area contributed by atoms with Crippen LogP contribution in [0.15, 0.2) is 28.8 Å².